The Kier molecular flexibility index (Phi) is 1.73. The average molecular weight is 174 g/mol. The van der Waals surface area contributed by atoms with Gasteiger partial charge in [0, 0.05) is 11.8 Å². The molecule has 0 fully saturated rings. The van der Waals surface area contributed by atoms with Crippen LogP contribution in [0.4, 0.5) is 5.82 Å². The van der Waals surface area contributed by atoms with Crippen LogP contribution in [-0.2, 0) is 0 Å². The number of aryl methyl sites for hydroxylation is 1. The van der Waals surface area contributed by atoms with Gasteiger partial charge in [0.1, 0.15) is 5.82 Å². The zero-order valence-corrected chi connectivity index (χ0v) is 7.28. The lowest BCUT2D eigenvalue weighted by Gasteiger charge is -1.96. The zero-order chi connectivity index (χ0) is 9.26. The third-order valence-electron chi connectivity index (χ3n) is 1.76. The normalized spacial score (nSPS) is 10.2. The van der Waals surface area contributed by atoms with E-state index in [2.05, 4.69) is 15.2 Å². The van der Waals surface area contributed by atoms with Crippen LogP contribution in [0.1, 0.15) is 5.69 Å². The molecule has 0 saturated heterocycles. The van der Waals surface area contributed by atoms with Crippen LogP contribution < -0.4 is 5.73 Å². The molecule has 0 unspecified atom stereocenters. The van der Waals surface area contributed by atoms with Gasteiger partial charge >= 0.3 is 0 Å². The third-order valence-corrected chi connectivity index (χ3v) is 1.76. The summed E-state index contributed by atoms with van der Waals surface area (Å²) in [5, 5.41) is 6.65. The maximum atomic E-state index is 5.48. The summed E-state index contributed by atoms with van der Waals surface area (Å²) in [5.74, 6) is 0.485. The molecule has 0 atom stereocenters. The van der Waals surface area contributed by atoms with Crippen molar-refractivity contribution in [3.8, 4) is 11.4 Å². The maximum Gasteiger partial charge on any atom is 0.145 e. The molecule has 0 amide bonds. The van der Waals surface area contributed by atoms with Crippen molar-refractivity contribution in [2.75, 3.05) is 5.73 Å². The van der Waals surface area contributed by atoms with Crippen LogP contribution in [0.2, 0.25) is 0 Å². The minimum Gasteiger partial charge on any atom is -0.382 e. The second-order valence-corrected chi connectivity index (χ2v) is 2.87. The van der Waals surface area contributed by atoms with Gasteiger partial charge in [-0.15, -0.1) is 0 Å². The molecule has 0 saturated carbocycles. The number of hydrogen-bond acceptors (Lipinski definition) is 3. The Morgan fingerprint density at radius 3 is 2.85 bits per heavy atom. The number of aromatic nitrogens is 3. The second kappa shape index (κ2) is 2.90. The molecule has 2 heterocycles. The molecule has 4 heteroatoms. The van der Waals surface area contributed by atoms with Gasteiger partial charge in [-0.25, -0.2) is 0 Å². The first-order chi connectivity index (χ1) is 6.25. The quantitative estimate of drug-likeness (QED) is 0.686. The number of nitrogens with one attached hydrogen (secondary N) is 1. The van der Waals surface area contributed by atoms with Crippen LogP contribution in [0, 0.1) is 6.92 Å². The average Bonchev–Trinajstić information content (AvgIpc) is 2.52. The Bertz CT molecular complexity index is 419. The first-order valence-corrected chi connectivity index (χ1v) is 4.00. The van der Waals surface area contributed by atoms with E-state index in [9.17, 15) is 0 Å². The molecule has 0 radical (unpaired) electrons. The number of aromatic amines is 1. The molecule has 3 N–H and O–H groups in total. The number of nitrogens with zero attached hydrogens (tertiary/aromatic N) is 2. The lowest BCUT2D eigenvalue weighted by molar-refractivity contribution is 1.09. The molecule has 2 aromatic heterocycles. The van der Waals surface area contributed by atoms with Crippen LogP contribution in [0.3, 0.4) is 0 Å². The molecule has 13 heavy (non-hydrogen) atoms. The van der Waals surface area contributed by atoms with Gasteiger partial charge in [-0.3, -0.25) is 10.1 Å². The highest BCUT2D eigenvalue weighted by molar-refractivity contribution is 5.57. The fourth-order valence-electron chi connectivity index (χ4n) is 1.16. The number of anilines is 1. The number of pyridine rings is 1. The molecule has 0 spiro atoms. The Labute approximate surface area is 75.8 Å². The first-order valence-electron chi connectivity index (χ1n) is 4.00. The van der Waals surface area contributed by atoms with Crippen molar-refractivity contribution in [2.45, 2.75) is 6.92 Å². The minimum atomic E-state index is 0.485. The van der Waals surface area contributed by atoms with Gasteiger partial charge in [-0.2, -0.15) is 5.10 Å². The van der Waals surface area contributed by atoms with Crippen LogP contribution in [-0.4, -0.2) is 15.2 Å². The highest BCUT2D eigenvalue weighted by Gasteiger charge is 2.01. The summed E-state index contributed by atoms with van der Waals surface area (Å²) in [4.78, 5) is 4.33. The Hall–Kier alpha value is -1.84. The SMILES string of the molecule is Cc1cccc(-c2cc(N)n[nH]2)n1. The van der Waals surface area contributed by atoms with E-state index in [4.69, 9.17) is 5.73 Å². The van der Waals surface area contributed by atoms with Crippen molar-refractivity contribution in [3.63, 3.8) is 0 Å². The predicted octanol–water partition coefficient (Wildman–Crippen LogP) is 1.36. The van der Waals surface area contributed by atoms with Crippen molar-refractivity contribution in [2.24, 2.45) is 0 Å². The fourth-order valence-corrected chi connectivity index (χ4v) is 1.16. The van der Waals surface area contributed by atoms with Gasteiger partial charge < -0.3 is 5.73 Å². The first kappa shape index (κ1) is 7.79. The fraction of sp³-hybridized carbons (Fsp3) is 0.111. The Morgan fingerprint density at radius 2 is 2.23 bits per heavy atom. The molecular formula is C9H10N4. The van der Waals surface area contributed by atoms with E-state index in [1.165, 1.54) is 0 Å². The second-order valence-electron chi connectivity index (χ2n) is 2.87. The third kappa shape index (κ3) is 1.51. The number of nitrogen functional groups attached to an aromatic ring is 1. The van der Waals surface area contributed by atoms with E-state index in [1.54, 1.807) is 6.07 Å². The molecule has 0 aromatic carbocycles. The molecule has 0 aliphatic heterocycles. The van der Waals surface area contributed by atoms with E-state index in [0.29, 0.717) is 5.82 Å². The van der Waals surface area contributed by atoms with Gasteiger partial charge in [0.2, 0.25) is 0 Å². The molecule has 0 aliphatic carbocycles. The van der Waals surface area contributed by atoms with Crippen molar-refractivity contribution < 1.29 is 0 Å². The number of H-pyrrole nitrogens is 1. The lowest BCUT2D eigenvalue weighted by Crippen LogP contribution is -1.85. The van der Waals surface area contributed by atoms with Crippen LogP contribution in [0.5, 0.6) is 0 Å². The van der Waals surface area contributed by atoms with Gasteiger partial charge in [0.15, 0.2) is 0 Å². The van der Waals surface area contributed by atoms with Gasteiger partial charge in [0.05, 0.1) is 11.4 Å². The lowest BCUT2D eigenvalue weighted by atomic mass is 10.2. The Balaban J connectivity index is 2.46. The predicted molar refractivity (Wildman–Crippen MR) is 51.0 cm³/mol. The highest BCUT2D eigenvalue weighted by atomic mass is 15.2. The maximum absolute atomic E-state index is 5.48. The van der Waals surface area contributed by atoms with E-state index < -0.39 is 0 Å². The molecule has 2 rings (SSSR count). The molecular weight excluding hydrogens is 164 g/mol. The monoisotopic (exact) mass is 174 g/mol. The Morgan fingerprint density at radius 1 is 1.38 bits per heavy atom. The van der Waals surface area contributed by atoms with Crippen molar-refractivity contribution in [3.05, 3.63) is 30.0 Å². The summed E-state index contributed by atoms with van der Waals surface area (Å²) in [7, 11) is 0. The van der Waals surface area contributed by atoms with Crippen molar-refractivity contribution in [1.29, 1.82) is 0 Å². The van der Waals surface area contributed by atoms with Crippen LogP contribution in [0.25, 0.3) is 11.4 Å². The topological polar surface area (TPSA) is 67.6 Å². The van der Waals surface area contributed by atoms with E-state index >= 15 is 0 Å². The molecule has 0 bridgehead atoms. The number of hydrogen-bond donors (Lipinski definition) is 2. The standard InChI is InChI=1S/C9H10N4/c1-6-3-2-4-7(11-6)8-5-9(10)13-12-8/h2-5H,1H3,(H3,10,12,13). The minimum absolute atomic E-state index is 0.485. The van der Waals surface area contributed by atoms with Gasteiger partial charge in [-0.1, -0.05) is 6.07 Å². The molecule has 0 aliphatic rings. The van der Waals surface area contributed by atoms with Crippen LogP contribution in [0.15, 0.2) is 24.3 Å². The van der Waals surface area contributed by atoms with Gasteiger partial charge in [0.25, 0.3) is 0 Å². The van der Waals surface area contributed by atoms with Gasteiger partial charge in [-0.05, 0) is 19.1 Å². The number of nitrogens with two attached hydrogens (primary N) is 1. The molecule has 4 nitrogen and oxygen atoms in total. The van der Waals surface area contributed by atoms with E-state index in [1.807, 2.05) is 25.1 Å². The smallest absolute Gasteiger partial charge is 0.145 e. The highest BCUT2D eigenvalue weighted by Crippen LogP contribution is 2.15. The summed E-state index contributed by atoms with van der Waals surface area (Å²) in [6.45, 7) is 1.95. The largest absolute Gasteiger partial charge is 0.382 e. The number of rotatable bonds is 1. The van der Waals surface area contributed by atoms with Crippen LogP contribution >= 0.6 is 0 Å². The summed E-state index contributed by atoms with van der Waals surface area (Å²) < 4.78 is 0. The summed E-state index contributed by atoms with van der Waals surface area (Å²) >= 11 is 0. The van der Waals surface area contributed by atoms with E-state index in [-0.39, 0.29) is 0 Å². The van der Waals surface area contributed by atoms with E-state index in [0.717, 1.165) is 17.1 Å². The van der Waals surface area contributed by atoms with Crippen molar-refractivity contribution >= 4 is 5.82 Å². The molecule has 2 aromatic rings. The summed E-state index contributed by atoms with van der Waals surface area (Å²) in [6.07, 6.45) is 0. The van der Waals surface area contributed by atoms with Crippen molar-refractivity contribution in [1.82, 2.24) is 15.2 Å². The zero-order valence-electron chi connectivity index (χ0n) is 7.28. The summed E-state index contributed by atoms with van der Waals surface area (Å²) in [6, 6.07) is 7.58. The summed E-state index contributed by atoms with van der Waals surface area (Å²) in [5.41, 5.74) is 8.17. The molecule has 66 valence electrons.